The van der Waals surface area contributed by atoms with E-state index in [2.05, 4.69) is 6.92 Å². The SMILES string of the molecule is CCCCCCCCOc1cc(OC)ccc1[C@@H](C)O. The van der Waals surface area contributed by atoms with Gasteiger partial charge in [-0.2, -0.15) is 0 Å². The number of methoxy groups -OCH3 is 1. The minimum Gasteiger partial charge on any atom is -0.497 e. The Balaban J connectivity index is 2.41. The van der Waals surface area contributed by atoms with Crippen molar-refractivity contribution in [1.29, 1.82) is 0 Å². The largest absolute Gasteiger partial charge is 0.497 e. The molecule has 1 aromatic rings. The minimum absolute atomic E-state index is 0.527. The van der Waals surface area contributed by atoms with E-state index in [1.807, 2.05) is 18.2 Å². The Morgan fingerprint density at radius 3 is 2.45 bits per heavy atom. The average Bonchev–Trinajstić information content (AvgIpc) is 2.45. The van der Waals surface area contributed by atoms with Crippen LogP contribution in [-0.4, -0.2) is 18.8 Å². The normalized spacial score (nSPS) is 12.2. The molecule has 1 rings (SSSR count). The Labute approximate surface area is 122 Å². The van der Waals surface area contributed by atoms with Crippen LogP contribution in [0.5, 0.6) is 11.5 Å². The summed E-state index contributed by atoms with van der Waals surface area (Å²) in [4.78, 5) is 0. The van der Waals surface area contributed by atoms with Gasteiger partial charge in [-0.1, -0.05) is 39.0 Å². The molecule has 0 fully saturated rings. The van der Waals surface area contributed by atoms with Gasteiger partial charge >= 0.3 is 0 Å². The van der Waals surface area contributed by atoms with E-state index in [4.69, 9.17) is 9.47 Å². The summed E-state index contributed by atoms with van der Waals surface area (Å²) in [5.74, 6) is 1.49. The van der Waals surface area contributed by atoms with Crippen LogP contribution in [0.4, 0.5) is 0 Å². The summed E-state index contributed by atoms with van der Waals surface area (Å²) in [6.45, 7) is 4.67. The molecule has 0 saturated carbocycles. The average molecular weight is 280 g/mol. The molecule has 0 heterocycles. The van der Waals surface area contributed by atoms with Gasteiger partial charge in [0.25, 0.3) is 0 Å². The summed E-state index contributed by atoms with van der Waals surface area (Å²) >= 11 is 0. The predicted octanol–water partition coefficient (Wildman–Crippen LogP) is 4.49. The van der Waals surface area contributed by atoms with Gasteiger partial charge in [-0.25, -0.2) is 0 Å². The summed E-state index contributed by atoms with van der Waals surface area (Å²) in [7, 11) is 1.63. The number of aliphatic hydroxyl groups excluding tert-OH is 1. The molecule has 0 aliphatic rings. The highest BCUT2D eigenvalue weighted by Crippen LogP contribution is 2.29. The molecule has 0 aliphatic heterocycles. The first-order valence-electron chi connectivity index (χ1n) is 7.67. The molecule has 3 nitrogen and oxygen atoms in total. The standard InChI is InChI=1S/C17H28O3/c1-4-5-6-7-8-9-12-20-17-13-15(19-3)10-11-16(17)14(2)18/h10-11,13-14,18H,4-9,12H2,1-3H3/t14-/m1/s1. The number of rotatable bonds is 10. The van der Waals surface area contributed by atoms with E-state index in [-0.39, 0.29) is 0 Å². The zero-order valence-corrected chi connectivity index (χ0v) is 13.0. The second kappa shape index (κ2) is 9.65. The van der Waals surface area contributed by atoms with E-state index in [1.165, 1.54) is 32.1 Å². The molecule has 0 amide bonds. The smallest absolute Gasteiger partial charge is 0.128 e. The lowest BCUT2D eigenvalue weighted by Crippen LogP contribution is -2.03. The van der Waals surface area contributed by atoms with Crippen LogP contribution in [0.2, 0.25) is 0 Å². The predicted molar refractivity (Wildman–Crippen MR) is 82.5 cm³/mol. The molecular weight excluding hydrogens is 252 g/mol. The fourth-order valence-corrected chi connectivity index (χ4v) is 2.18. The van der Waals surface area contributed by atoms with E-state index in [0.29, 0.717) is 6.61 Å². The number of ether oxygens (including phenoxy) is 2. The highest BCUT2D eigenvalue weighted by Gasteiger charge is 2.10. The van der Waals surface area contributed by atoms with Gasteiger partial charge in [-0.05, 0) is 25.5 Å². The van der Waals surface area contributed by atoms with Crippen molar-refractivity contribution in [2.45, 2.75) is 58.5 Å². The van der Waals surface area contributed by atoms with Gasteiger partial charge < -0.3 is 14.6 Å². The third-order valence-electron chi connectivity index (χ3n) is 3.43. The highest BCUT2D eigenvalue weighted by molar-refractivity contribution is 5.41. The van der Waals surface area contributed by atoms with Crippen molar-refractivity contribution in [3.63, 3.8) is 0 Å². The Kier molecular flexibility index (Phi) is 8.12. The van der Waals surface area contributed by atoms with Gasteiger partial charge in [0.2, 0.25) is 0 Å². The van der Waals surface area contributed by atoms with Crippen LogP contribution >= 0.6 is 0 Å². The molecule has 1 N–H and O–H groups in total. The Hall–Kier alpha value is -1.22. The lowest BCUT2D eigenvalue weighted by molar-refractivity contribution is 0.190. The van der Waals surface area contributed by atoms with Crippen molar-refractivity contribution < 1.29 is 14.6 Å². The summed E-state index contributed by atoms with van der Waals surface area (Å²) in [6, 6.07) is 5.55. The van der Waals surface area contributed by atoms with Crippen molar-refractivity contribution in [3.05, 3.63) is 23.8 Å². The molecule has 0 aromatic heterocycles. The Morgan fingerprint density at radius 2 is 1.80 bits per heavy atom. The fourth-order valence-electron chi connectivity index (χ4n) is 2.18. The maximum Gasteiger partial charge on any atom is 0.128 e. The molecule has 0 saturated heterocycles. The van der Waals surface area contributed by atoms with Gasteiger partial charge in [0, 0.05) is 11.6 Å². The van der Waals surface area contributed by atoms with Crippen LogP contribution in [-0.2, 0) is 0 Å². The van der Waals surface area contributed by atoms with Crippen molar-refractivity contribution in [1.82, 2.24) is 0 Å². The van der Waals surface area contributed by atoms with Gasteiger partial charge in [-0.15, -0.1) is 0 Å². The van der Waals surface area contributed by atoms with Crippen LogP contribution in [0, 0.1) is 0 Å². The van der Waals surface area contributed by atoms with Crippen LogP contribution < -0.4 is 9.47 Å². The van der Waals surface area contributed by atoms with E-state index < -0.39 is 6.10 Å². The van der Waals surface area contributed by atoms with Crippen LogP contribution in [0.15, 0.2) is 18.2 Å². The van der Waals surface area contributed by atoms with Crippen molar-refractivity contribution in [2.75, 3.05) is 13.7 Å². The molecule has 0 unspecified atom stereocenters. The zero-order valence-electron chi connectivity index (χ0n) is 13.0. The first-order chi connectivity index (χ1) is 9.69. The van der Waals surface area contributed by atoms with Gasteiger partial charge in [-0.3, -0.25) is 0 Å². The molecule has 0 spiro atoms. The molecule has 0 radical (unpaired) electrons. The number of hydrogen-bond donors (Lipinski definition) is 1. The Bertz CT molecular complexity index is 374. The number of unbranched alkanes of at least 4 members (excludes halogenated alkanes) is 5. The van der Waals surface area contributed by atoms with Crippen molar-refractivity contribution in [2.24, 2.45) is 0 Å². The molecular formula is C17H28O3. The Morgan fingerprint density at radius 1 is 1.10 bits per heavy atom. The first kappa shape index (κ1) is 16.8. The lowest BCUT2D eigenvalue weighted by atomic mass is 10.1. The monoisotopic (exact) mass is 280 g/mol. The topological polar surface area (TPSA) is 38.7 Å². The molecule has 1 aromatic carbocycles. The summed E-state index contributed by atoms with van der Waals surface area (Å²) < 4.78 is 11.0. The number of hydrogen-bond acceptors (Lipinski definition) is 3. The molecule has 1 atom stereocenters. The molecule has 20 heavy (non-hydrogen) atoms. The van der Waals surface area contributed by atoms with E-state index in [1.54, 1.807) is 14.0 Å². The van der Waals surface area contributed by atoms with Crippen molar-refractivity contribution >= 4 is 0 Å². The maximum absolute atomic E-state index is 9.75. The van der Waals surface area contributed by atoms with Crippen LogP contribution in [0.1, 0.15) is 64.0 Å². The maximum atomic E-state index is 9.75. The summed E-state index contributed by atoms with van der Waals surface area (Å²) in [6.07, 6.45) is 6.92. The van der Waals surface area contributed by atoms with Gasteiger partial charge in [0.1, 0.15) is 11.5 Å². The van der Waals surface area contributed by atoms with Gasteiger partial charge in [0.15, 0.2) is 0 Å². The van der Waals surface area contributed by atoms with E-state index in [0.717, 1.165) is 23.5 Å². The fraction of sp³-hybridized carbons (Fsp3) is 0.647. The summed E-state index contributed by atoms with van der Waals surface area (Å²) in [5.41, 5.74) is 0.816. The quantitative estimate of drug-likeness (QED) is 0.642. The third kappa shape index (κ3) is 5.83. The molecule has 3 heteroatoms. The number of benzene rings is 1. The van der Waals surface area contributed by atoms with Crippen LogP contribution in [0.3, 0.4) is 0 Å². The molecule has 0 bridgehead atoms. The van der Waals surface area contributed by atoms with E-state index >= 15 is 0 Å². The second-order valence-electron chi connectivity index (χ2n) is 5.20. The first-order valence-corrected chi connectivity index (χ1v) is 7.67. The second-order valence-corrected chi connectivity index (χ2v) is 5.20. The zero-order chi connectivity index (χ0) is 14.8. The molecule has 114 valence electrons. The summed E-state index contributed by atoms with van der Waals surface area (Å²) in [5, 5.41) is 9.75. The lowest BCUT2D eigenvalue weighted by Gasteiger charge is -2.14. The minimum atomic E-state index is -0.527. The number of aliphatic hydroxyl groups is 1. The van der Waals surface area contributed by atoms with E-state index in [9.17, 15) is 5.11 Å². The third-order valence-corrected chi connectivity index (χ3v) is 3.43. The highest BCUT2D eigenvalue weighted by atomic mass is 16.5. The molecule has 0 aliphatic carbocycles. The van der Waals surface area contributed by atoms with Gasteiger partial charge in [0.05, 0.1) is 19.8 Å². The van der Waals surface area contributed by atoms with Crippen molar-refractivity contribution in [3.8, 4) is 11.5 Å². The van der Waals surface area contributed by atoms with Crippen LogP contribution in [0.25, 0.3) is 0 Å².